The summed E-state index contributed by atoms with van der Waals surface area (Å²) < 4.78 is 67.3. The highest BCUT2D eigenvalue weighted by atomic mass is 32.2. The fourth-order valence-corrected chi connectivity index (χ4v) is 3.00. The Morgan fingerprint density at radius 3 is 2.46 bits per heavy atom. The van der Waals surface area contributed by atoms with Crippen molar-refractivity contribution in [1.82, 2.24) is 9.29 Å². The van der Waals surface area contributed by atoms with Gasteiger partial charge in [-0.25, -0.2) is 13.1 Å². The molecule has 0 saturated carbocycles. The van der Waals surface area contributed by atoms with Crippen LogP contribution in [0.25, 0.3) is 0 Å². The van der Waals surface area contributed by atoms with Crippen LogP contribution in [-0.4, -0.2) is 22.5 Å². The van der Waals surface area contributed by atoms with Crippen molar-refractivity contribution in [3.63, 3.8) is 0 Å². The maximum atomic E-state index is 13.4. The lowest BCUT2D eigenvalue weighted by molar-refractivity contribution is -0.170. The van der Waals surface area contributed by atoms with E-state index >= 15 is 0 Å². The van der Waals surface area contributed by atoms with E-state index in [0.29, 0.717) is 29.0 Å². The average molecular weight is 359 g/mol. The predicted molar refractivity (Wildman–Crippen MR) is 77.7 cm³/mol. The van der Waals surface area contributed by atoms with Crippen LogP contribution in [-0.2, 0) is 0 Å². The van der Waals surface area contributed by atoms with E-state index in [1.165, 1.54) is 25.5 Å². The normalized spacial score (nSPS) is 12.9. The van der Waals surface area contributed by atoms with Crippen molar-refractivity contribution in [2.45, 2.75) is 17.1 Å². The summed E-state index contributed by atoms with van der Waals surface area (Å²) in [5.74, 6) is -2.57. The zero-order chi connectivity index (χ0) is 17.9. The Labute approximate surface area is 138 Å². The first-order chi connectivity index (χ1) is 11.2. The molecule has 0 bridgehead atoms. The van der Waals surface area contributed by atoms with Crippen LogP contribution in [0.5, 0.6) is 0 Å². The molecule has 0 N–H and O–H groups in total. The first-order valence-corrected chi connectivity index (χ1v) is 7.27. The van der Waals surface area contributed by atoms with Crippen LogP contribution in [0.2, 0.25) is 0 Å². The molecule has 24 heavy (non-hydrogen) atoms. The molecule has 0 fully saturated rings. The molecule has 1 unspecified atom stereocenters. The fourth-order valence-electron chi connectivity index (χ4n) is 2.04. The Hall–Kier alpha value is -2.18. The minimum absolute atomic E-state index is 0.199. The van der Waals surface area contributed by atoms with Crippen LogP contribution in [0.4, 0.5) is 22.0 Å². The first-order valence-electron chi connectivity index (χ1n) is 6.50. The molecule has 2 aromatic rings. The van der Waals surface area contributed by atoms with E-state index < -0.39 is 29.4 Å². The molecule has 9 heteroatoms. The van der Waals surface area contributed by atoms with Crippen molar-refractivity contribution in [1.29, 1.82) is 5.26 Å². The highest BCUT2D eigenvalue weighted by Crippen LogP contribution is 2.41. The number of benzene rings is 1. The van der Waals surface area contributed by atoms with E-state index in [0.717, 1.165) is 10.4 Å². The van der Waals surface area contributed by atoms with Gasteiger partial charge in [0.1, 0.15) is 12.1 Å². The number of pyridine rings is 1. The Bertz CT molecular complexity index is 772. The Balaban J connectivity index is 2.33. The van der Waals surface area contributed by atoms with Crippen molar-refractivity contribution in [2.24, 2.45) is 0 Å². The summed E-state index contributed by atoms with van der Waals surface area (Å²) in [7, 11) is 1.17. The van der Waals surface area contributed by atoms with Gasteiger partial charge in [-0.1, -0.05) is 6.07 Å². The van der Waals surface area contributed by atoms with Crippen molar-refractivity contribution < 1.29 is 22.0 Å². The van der Waals surface area contributed by atoms with Crippen LogP contribution < -0.4 is 0 Å². The lowest BCUT2D eigenvalue weighted by Gasteiger charge is -2.29. The van der Waals surface area contributed by atoms with Gasteiger partial charge < -0.3 is 0 Å². The van der Waals surface area contributed by atoms with E-state index in [4.69, 9.17) is 5.26 Å². The van der Waals surface area contributed by atoms with Gasteiger partial charge in [-0.15, -0.1) is 0 Å². The van der Waals surface area contributed by atoms with Gasteiger partial charge in [0.15, 0.2) is 11.6 Å². The molecule has 0 aliphatic rings. The summed E-state index contributed by atoms with van der Waals surface area (Å²) >= 11 is 0.696. The molecule has 3 nitrogen and oxygen atoms in total. The monoisotopic (exact) mass is 359 g/mol. The van der Waals surface area contributed by atoms with Crippen molar-refractivity contribution in [3.05, 3.63) is 59.4 Å². The molecule has 1 atom stereocenters. The third-order valence-electron chi connectivity index (χ3n) is 3.02. The van der Waals surface area contributed by atoms with Gasteiger partial charge in [0.05, 0.1) is 5.56 Å². The number of halogens is 5. The molecule has 1 heterocycles. The summed E-state index contributed by atoms with van der Waals surface area (Å²) in [5.41, 5.74) is -0.231. The maximum absolute atomic E-state index is 13.4. The molecular weight excluding hydrogens is 349 g/mol. The van der Waals surface area contributed by atoms with Gasteiger partial charge in [0, 0.05) is 17.3 Å². The van der Waals surface area contributed by atoms with Crippen molar-refractivity contribution in [2.75, 3.05) is 7.05 Å². The lowest BCUT2D eigenvalue weighted by Crippen LogP contribution is -2.32. The highest BCUT2D eigenvalue weighted by molar-refractivity contribution is 7.97. The SMILES string of the molecule is CN(Sc1cncc(C#N)c1)C(c1ccc(F)c(F)c1)C(F)(F)F. The second-order valence-corrected chi connectivity index (χ2v) is 6.01. The number of aromatic nitrogens is 1. The third kappa shape index (κ3) is 4.21. The number of alkyl halides is 3. The quantitative estimate of drug-likeness (QED) is 0.596. The summed E-state index contributed by atoms with van der Waals surface area (Å²) in [6.07, 6.45) is -2.13. The number of nitriles is 1. The molecule has 0 radical (unpaired) electrons. The van der Waals surface area contributed by atoms with Crippen LogP contribution in [0.15, 0.2) is 41.6 Å². The first kappa shape index (κ1) is 18.2. The zero-order valence-electron chi connectivity index (χ0n) is 12.2. The Morgan fingerprint density at radius 2 is 1.88 bits per heavy atom. The fraction of sp³-hybridized carbons (Fsp3) is 0.200. The molecule has 0 aliphatic heterocycles. The van der Waals surface area contributed by atoms with E-state index in [1.807, 2.05) is 6.07 Å². The summed E-state index contributed by atoms with van der Waals surface area (Å²) in [6.45, 7) is 0. The minimum Gasteiger partial charge on any atom is -0.262 e. The van der Waals surface area contributed by atoms with Crippen LogP contribution in [0.3, 0.4) is 0 Å². The Kier molecular flexibility index (Phi) is 5.41. The molecular formula is C15H10F5N3S. The van der Waals surface area contributed by atoms with Crippen molar-refractivity contribution in [3.8, 4) is 6.07 Å². The molecule has 126 valence electrons. The van der Waals surface area contributed by atoms with Gasteiger partial charge in [0.2, 0.25) is 0 Å². The molecule has 0 amide bonds. The summed E-state index contributed by atoms with van der Waals surface area (Å²) in [5, 5.41) is 8.80. The second-order valence-electron chi connectivity index (χ2n) is 4.78. The van der Waals surface area contributed by atoms with Gasteiger partial charge in [-0.3, -0.25) is 4.98 Å². The van der Waals surface area contributed by atoms with Gasteiger partial charge >= 0.3 is 6.18 Å². The standard InChI is InChI=1S/C15H10F5N3S/c1-23(24-11-4-9(6-21)7-22-8-11)14(15(18,19)20)10-2-3-12(16)13(17)5-10/h2-5,7-8,14H,1H3. The minimum atomic E-state index is -4.72. The molecule has 0 saturated heterocycles. The summed E-state index contributed by atoms with van der Waals surface area (Å²) in [6, 6.07) is 3.12. The Morgan fingerprint density at radius 1 is 1.17 bits per heavy atom. The van der Waals surface area contributed by atoms with Crippen molar-refractivity contribution >= 4 is 11.9 Å². The zero-order valence-corrected chi connectivity index (χ0v) is 13.0. The van der Waals surface area contributed by atoms with Gasteiger partial charge in [-0.05, 0) is 42.8 Å². The highest BCUT2D eigenvalue weighted by Gasteiger charge is 2.44. The topological polar surface area (TPSA) is 39.9 Å². The van der Waals surface area contributed by atoms with Crippen LogP contribution >= 0.6 is 11.9 Å². The van der Waals surface area contributed by atoms with E-state index in [1.54, 1.807) is 0 Å². The molecule has 0 aliphatic carbocycles. The third-order valence-corrected chi connectivity index (χ3v) is 3.96. The molecule has 0 spiro atoms. The number of hydrogen-bond donors (Lipinski definition) is 0. The molecule has 2 rings (SSSR count). The smallest absolute Gasteiger partial charge is 0.262 e. The average Bonchev–Trinajstić information content (AvgIpc) is 2.49. The predicted octanol–water partition coefficient (Wildman–Crippen LogP) is 4.47. The van der Waals surface area contributed by atoms with Crippen LogP contribution in [0.1, 0.15) is 17.2 Å². The molecule has 1 aromatic carbocycles. The number of hydrogen-bond acceptors (Lipinski definition) is 4. The lowest BCUT2D eigenvalue weighted by atomic mass is 10.1. The van der Waals surface area contributed by atoms with E-state index in [2.05, 4.69) is 4.98 Å². The second kappa shape index (κ2) is 7.15. The maximum Gasteiger partial charge on any atom is 0.408 e. The van der Waals surface area contributed by atoms with E-state index in [9.17, 15) is 22.0 Å². The van der Waals surface area contributed by atoms with Gasteiger partial charge in [0.25, 0.3) is 0 Å². The van der Waals surface area contributed by atoms with Crippen LogP contribution in [0, 0.1) is 23.0 Å². The van der Waals surface area contributed by atoms with E-state index in [-0.39, 0.29) is 5.56 Å². The number of nitrogens with zero attached hydrogens (tertiary/aromatic N) is 3. The number of rotatable bonds is 4. The largest absolute Gasteiger partial charge is 0.408 e. The molecule has 1 aromatic heterocycles. The summed E-state index contributed by atoms with van der Waals surface area (Å²) in [4.78, 5) is 4.08. The van der Waals surface area contributed by atoms with Gasteiger partial charge in [-0.2, -0.15) is 18.4 Å².